The van der Waals surface area contributed by atoms with E-state index in [1.807, 2.05) is 0 Å². The van der Waals surface area contributed by atoms with Gasteiger partial charge < -0.3 is 9.80 Å². The first-order valence-corrected chi connectivity index (χ1v) is 10.4. The van der Waals surface area contributed by atoms with E-state index in [-0.39, 0.29) is 109 Å². The molecule has 1 aromatic carbocycles. The van der Waals surface area contributed by atoms with Crippen molar-refractivity contribution in [3.63, 3.8) is 0 Å². The Morgan fingerprint density at radius 3 is 1.86 bits per heavy atom. The molecule has 0 spiro atoms. The smallest absolute Gasteiger partial charge is 0.323 e. The van der Waals surface area contributed by atoms with Crippen molar-refractivity contribution in [2.45, 2.75) is 93.2 Å². The molecule has 8 nitrogen and oxygen atoms in total. The first-order valence-electron chi connectivity index (χ1n) is 10.4. The second-order valence-corrected chi connectivity index (χ2v) is 7.75. The Kier molecular flexibility index (Phi) is 31.5. The Morgan fingerprint density at radius 1 is 0.837 bits per heavy atom. The van der Waals surface area contributed by atoms with Crippen molar-refractivity contribution in [3.05, 3.63) is 72.3 Å². The number of anilines is 1. The summed E-state index contributed by atoms with van der Waals surface area (Å²) in [7, 11) is 1.69. The van der Waals surface area contributed by atoms with Gasteiger partial charge >= 0.3 is 6.03 Å². The van der Waals surface area contributed by atoms with Crippen LogP contribution in [0, 0.1) is 11.6 Å². The molecule has 250 valence electrons. The van der Waals surface area contributed by atoms with Crippen molar-refractivity contribution in [1.82, 2.24) is 24.8 Å². The van der Waals surface area contributed by atoms with Gasteiger partial charge in [0.25, 0.3) is 5.91 Å². The topological polar surface area (TPSA) is 91.3 Å². The zero-order valence-electron chi connectivity index (χ0n) is 17.9. The predicted molar refractivity (Wildman–Crippen MR) is 185 cm³/mol. The zero-order valence-corrected chi connectivity index (χ0v) is 17.9. The molecular weight excluding hydrogens is 550 g/mol. The lowest BCUT2D eigenvalue weighted by atomic mass is 10.0. The Labute approximate surface area is 263 Å². The molecule has 0 aliphatic carbocycles. The number of pyridine rings is 1. The Morgan fingerprint density at radius 2 is 1.40 bits per heavy atom. The largest absolute Gasteiger partial charge is 0.338 e. The maximum absolute atomic E-state index is 13.4. The molecule has 3 aromatic rings. The molecule has 1 saturated heterocycles. The molecule has 1 N–H and O–H groups in total. The van der Waals surface area contributed by atoms with Crippen LogP contribution in [0.25, 0.3) is 11.3 Å². The lowest BCUT2D eigenvalue weighted by Gasteiger charge is -2.36. The van der Waals surface area contributed by atoms with Gasteiger partial charge in [-0.2, -0.15) is 0 Å². The minimum absolute atomic E-state index is 0. The van der Waals surface area contributed by atoms with Gasteiger partial charge in [-0.05, 0) is 37.1 Å². The summed E-state index contributed by atoms with van der Waals surface area (Å²) in [4.78, 5) is 40.8. The molecule has 3 amide bonds. The monoisotopic (exact) mass is 612 g/mol. The third kappa shape index (κ3) is 13.7. The van der Waals surface area contributed by atoms with Crippen LogP contribution in [0.4, 0.5) is 19.4 Å². The third-order valence-corrected chi connectivity index (χ3v) is 5.57. The Bertz CT molecular complexity index is 1120. The molecule has 4 rings (SSSR count). The standard InChI is InChI=1S/C23H22F2N6O2.10CH4/c1-30(19-4-7-31(8-5-19)22(32)15-3-2-6-26-12-15)23(33)29-21-14-27-20(13-28-21)16-9-17(24)11-18(25)10-16;;;;;;;;;;/h2-3,6,9-14,19H,4-5,7-8H2,1H3,(H,28,29,33);10*1H4. The summed E-state index contributed by atoms with van der Waals surface area (Å²) in [5, 5.41) is 2.68. The van der Waals surface area contributed by atoms with E-state index in [4.69, 9.17) is 0 Å². The van der Waals surface area contributed by atoms with Gasteiger partial charge in [-0.3, -0.25) is 20.1 Å². The van der Waals surface area contributed by atoms with Crippen LogP contribution in [0.2, 0.25) is 0 Å². The lowest BCUT2D eigenvalue weighted by Crippen LogP contribution is -2.48. The van der Waals surface area contributed by atoms with Gasteiger partial charge in [-0.15, -0.1) is 0 Å². The molecule has 2 aromatic heterocycles. The van der Waals surface area contributed by atoms with Crippen molar-refractivity contribution in [2.24, 2.45) is 0 Å². The number of nitrogens with one attached hydrogen (secondary N) is 1. The van der Waals surface area contributed by atoms with Crippen LogP contribution in [0.3, 0.4) is 0 Å². The maximum atomic E-state index is 13.4. The van der Waals surface area contributed by atoms with E-state index >= 15 is 0 Å². The number of hydrogen-bond acceptors (Lipinski definition) is 5. The molecule has 1 fully saturated rings. The van der Waals surface area contributed by atoms with Crippen LogP contribution in [0.15, 0.2) is 55.1 Å². The molecule has 0 bridgehead atoms. The number of aromatic nitrogens is 3. The van der Waals surface area contributed by atoms with Crippen molar-refractivity contribution >= 4 is 17.8 Å². The highest BCUT2D eigenvalue weighted by Gasteiger charge is 2.28. The molecule has 0 radical (unpaired) electrons. The second-order valence-electron chi connectivity index (χ2n) is 7.75. The van der Waals surface area contributed by atoms with Crippen LogP contribution in [0.5, 0.6) is 0 Å². The molecule has 0 saturated carbocycles. The summed E-state index contributed by atoms with van der Waals surface area (Å²) >= 11 is 0. The number of amides is 3. The highest BCUT2D eigenvalue weighted by molar-refractivity contribution is 5.94. The number of hydrogen-bond donors (Lipinski definition) is 1. The van der Waals surface area contributed by atoms with Crippen LogP contribution >= 0.6 is 0 Å². The number of rotatable bonds is 4. The van der Waals surface area contributed by atoms with E-state index in [2.05, 4.69) is 20.3 Å². The summed E-state index contributed by atoms with van der Waals surface area (Å²) in [6, 6.07) is 6.16. The zero-order chi connectivity index (χ0) is 23.4. The summed E-state index contributed by atoms with van der Waals surface area (Å²) < 4.78 is 26.8. The highest BCUT2D eigenvalue weighted by Crippen LogP contribution is 2.21. The number of carbonyl (C=O) groups excluding carboxylic acids is 2. The molecule has 1 aliphatic rings. The van der Waals surface area contributed by atoms with Crippen LogP contribution in [-0.4, -0.2) is 62.9 Å². The number of piperidine rings is 1. The number of urea groups is 1. The van der Waals surface area contributed by atoms with Crippen molar-refractivity contribution in [3.8, 4) is 11.3 Å². The summed E-state index contributed by atoms with van der Waals surface area (Å²) in [6.45, 7) is 1.07. The van der Waals surface area contributed by atoms with Crippen molar-refractivity contribution in [1.29, 1.82) is 0 Å². The van der Waals surface area contributed by atoms with Gasteiger partial charge in [0.05, 0.1) is 23.7 Å². The highest BCUT2D eigenvalue weighted by atomic mass is 19.1. The molecule has 0 unspecified atom stereocenters. The molecular formula is C33H62F2N6O2. The van der Waals surface area contributed by atoms with E-state index in [0.717, 1.165) is 18.2 Å². The van der Waals surface area contributed by atoms with Gasteiger partial charge in [-0.25, -0.2) is 18.6 Å². The number of likely N-dealkylation sites (tertiary alicyclic amines) is 1. The van der Waals surface area contributed by atoms with Gasteiger partial charge in [-0.1, -0.05) is 74.3 Å². The van der Waals surface area contributed by atoms with E-state index in [1.54, 1.807) is 41.4 Å². The predicted octanol–water partition coefficient (Wildman–Crippen LogP) is 9.95. The van der Waals surface area contributed by atoms with E-state index in [9.17, 15) is 18.4 Å². The summed E-state index contributed by atoms with van der Waals surface area (Å²) in [6.07, 6.45) is 7.13. The fourth-order valence-electron chi connectivity index (χ4n) is 3.74. The van der Waals surface area contributed by atoms with Crippen LogP contribution < -0.4 is 5.32 Å². The quantitative estimate of drug-likeness (QED) is 0.317. The van der Waals surface area contributed by atoms with Gasteiger partial charge in [0.2, 0.25) is 0 Å². The fourth-order valence-corrected chi connectivity index (χ4v) is 3.74. The summed E-state index contributed by atoms with van der Waals surface area (Å²) in [5.74, 6) is -1.27. The fraction of sp³-hybridized carbons (Fsp3) is 0.485. The Balaban J connectivity index is -0.000000259. The average molecular weight is 613 g/mol. The third-order valence-electron chi connectivity index (χ3n) is 5.57. The SMILES string of the molecule is C.C.C.C.C.C.C.C.C.C.CN(C(=O)Nc1cnc(-c2cc(F)cc(F)c2)cn1)C1CCN(C(=O)c2cccnc2)CC1. The average Bonchev–Trinajstić information content (AvgIpc) is 2.83. The maximum Gasteiger partial charge on any atom is 0.323 e. The van der Waals surface area contributed by atoms with E-state index in [0.29, 0.717) is 31.5 Å². The molecule has 10 heteroatoms. The van der Waals surface area contributed by atoms with Crippen LogP contribution in [0.1, 0.15) is 97.5 Å². The molecule has 3 heterocycles. The lowest BCUT2D eigenvalue weighted by molar-refractivity contribution is 0.0671. The van der Waals surface area contributed by atoms with E-state index < -0.39 is 11.6 Å². The molecule has 1 aliphatic heterocycles. The number of benzene rings is 1. The minimum atomic E-state index is -0.709. The van der Waals surface area contributed by atoms with Gasteiger partial charge in [0, 0.05) is 50.2 Å². The number of halogens is 2. The van der Waals surface area contributed by atoms with E-state index in [1.165, 1.54) is 12.4 Å². The number of nitrogens with zero attached hydrogens (tertiary/aromatic N) is 5. The second kappa shape index (κ2) is 24.6. The normalized spacial score (nSPS) is 10.8. The number of carbonyl (C=O) groups is 2. The first kappa shape index (κ1) is 55.0. The summed E-state index contributed by atoms with van der Waals surface area (Å²) in [5.41, 5.74) is 1.08. The van der Waals surface area contributed by atoms with Gasteiger partial charge in [0.1, 0.15) is 11.6 Å². The van der Waals surface area contributed by atoms with Crippen molar-refractivity contribution in [2.75, 3.05) is 25.5 Å². The Hall–Kier alpha value is -3.95. The molecule has 0 atom stereocenters. The van der Waals surface area contributed by atoms with Gasteiger partial charge in [0.15, 0.2) is 5.82 Å². The first-order chi connectivity index (χ1) is 15.9. The minimum Gasteiger partial charge on any atom is -0.338 e. The van der Waals surface area contributed by atoms with Crippen LogP contribution in [-0.2, 0) is 0 Å². The van der Waals surface area contributed by atoms with Crippen molar-refractivity contribution < 1.29 is 18.4 Å². The molecule has 43 heavy (non-hydrogen) atoms.